The zero-order chi connectivity index (χ0) is 9.10. The van der Waals surface area contributed by atoms with Gasteiger partial charge in [-0.2, -0.15) is 0 Å². The molecule has 1 fully saturated rings. The van der Waals surface area contributed by atoms with Gasteiger partial charge in [-0.15, -0.1) is 10.2 Å². The van der Waals surface area contributed by atoms with Gasteiger partial charge in [0.25, 0.3) is 5.22 Å². The van der Waals surface area contributed by atoms with Crippen LogP contribution in [0, 0.1) is 0 Å². The van der Waals surface area contributed by atoms with Gasteiger partial charge >= 0.3 is 0 Å². The van der Waals surface area contributed by atoms with E-state index in [2.05, 4.69) is 15.5 Å². The molecule has 1 saturated heterocycles. The van der Waals surface area contributed by atoms with Crippen molar-refractivity contribution in [2.24, 2.45) is 0 Å². The molecule has 1 aliphatic rings. The summed E-state index contributed by atoms with van der Waals surface area (Å²) in [5.41, 5.74) is 0. The minimum atomic E-state index is 0.537. The third-order valence-electron chi connectivity index (χ3n) is 2.21. The van der Waals surface area contributed by atoms with E-state index in [0.29, 0.717) is 11.3 Å². The summed E-state index contributed by atoms with van der Waals surface area (Å²) in [6.07, 6.45) is 5.28. The molecule has 0 aromatic carbocycles. The predicted octanol–water partition coefficient (Wildman–Crippen LogP) is 1.09. The summed E-state index contributed by atoms with van der Waals surface area (Å²) < 4.78 is 5.40. The Morgan fingerprint density at radius 3 is 3.15 bits per heavy atom. The zero-order valence-corrected chi connectivity index (χ0v) is 8.43. The van der Waals surface area contributed by atoms with Gasteiger partial charge in [-0.1, -0.05) is 11.8 Å². The Hall–Kier alpha value is -0.550. The fourth-order valence-electron chi connectivity index (χ4n) is 1.54. The fraction of sp³-hybridized carbons (Fsp3) is 0.750. The Balaban J connectivity index is 1.92. The van der Waals surface area contributed by atoms with Crippen LogP contribution in [0.3, 0.4) is 0 Å². The first-order valence-electron chi connectivity index (χ1n) is 4.48. The highest BCUT2D eigenvalue weighted by Crippen LogP contribution is 2.15. The van der Waals surface area contributed by atoms with Crippen LogP contribution in [0.1, 0.15) is 18.7 Å². The molecule has 5 heteroatoms. The Morgan fingerprint density at radius 2 is 2.54 bits per heavy atom. The first kappa shape index (κ1) is 9.02. The zero-order valence-electron chi connectivity index (χ0n) is 7.62. The molecule has 1 aromatic rings. The molecule has 1 unspecified atom stereocenters. The van der Waals surface area contributed by atoms with Crippen LogP contribution in [-0.2, 0) is 6.42 Å². The van der Waals surface area contributed by atoms with Crippen LogP contribution in [0.2, 0.25) is 0 Å². The molecule has 4 nitrogen and oxygen atoms in total. The number of thioether (sulfide) groups is 1. The van der Waals surface area contributed by atoms with E-state index in [-0.39, 0.29) is 0 Å². The summed E-state index contributed by atoms with van der Waals surface area (Å²) in [6.45, 7) is 1.12. The lowest BCUT2D eigenvalue weighted by molar-refractivity contribution is 0.395. The third kappa shape index (κ3) is 2.22. The number of hydrogen-bond acceptors (Lipinski definition) is 5. The minimum absolute atomic E-state index is 0.537. The molecule has 2 heterocycles. The summed E-state index contributed by atoms with van der Waals surface area (Å²) in [4.78, 5) is 0. The van der Waals surface area contributed by atoms with Crippen molar-refractivity contribution in [3.63, 3.8) is 0 Å². The van der Waals surface area contributed by atoms with Crippen LogP contribution in [-0.4, -0.2) is 29.0 Å². The number of aromatic nitrogens is 2. The van der Waals surface area contributed by atoms with Crippen LogP contribution in [0.25, 0.3) is 0 Å². The lowest BCUT2D eigenvalue weighted by atomic mass is 10.2. The maximum Gasteiger partial charge on any atom is 0.276 e. The highest BCUT2D eigenvalue weighted by molar-refractivity contribution is 7.98. The second kappa shape index (κ2) is 4.11. The highest BCUT2D eigenvalue weighted by Gasteiger charge is 2.17. The van der Waals surface area contributed by atoms with Gasteiger partial charge in [0.05, 0.1) is 0 Å². The van der Waals surface area contributed by atoms with Crippen molar-refractivity contribution in [1.82, 2.24) is 15.5 Å². The van der Waals surface area contributed by atoms with E-state index in [1.807, 2.05) is 6.26 Å². The van der Waals surface area contributed by atoms with Crippen molar-refractivity contribution in [3.8, 4) is 0 Å². The molecule has 1 aliphatic heterocycles. The lowest BCUT2D eigenvalue weighted by Gasteiger charge is -2.04. The SMILES string of the molecule is CSc1nnc(CC2CCCN2)o1. The second-order valence-corrected chi connectivity index (χ2v) is 3.92. The Morgan fingerprint density at radius 1 is 1.62 bits per heavy atom. The van der Waals surface area contributed by atoms with E-state index < -0.39 is 0 Å². The molecule has 13 heavy (non-hydrogen) atoms. The van der Waals surface area contributed by atoms with Gasteiger partial charge < -0.3 is 9.73 Å². The monoisotopic (exact) mass is 199 g/mol. The number of nitrogens with one attached hydrogen (secondary N) is 1. The Kier molecular flexibility index (Phi) is 2.85. The Labute approximate surface area is 81.5 Å². The fourth-order valence-corrected chi connectivity index (χ4v) is 1.85. The summed E-state index contributed by atoms with van der Waals surface area (Å²) in [6, 6.07) is 0.537. The number of rotatable bonds is 3. The molecule has 72 valence electrons. The average molecular weight is 199 g/mol. The molecule has 1 N–H and O–H groups in total. The number of hydrogen-bond donors (Lipinski definition) is 1. The summed E-state index contributed by atoms with van der Waals surface area (Å²) >= 11 is 1.49. The molecule has 0 radical (unpaired) electrons. The lowest BCUT2D eigenvalue weighted by Crippen LogP contribution is -2.23. The largest absolute Gasteiger partial charge is 0.416 e. The molecule has 0 amide bonds. The first-order valence-corrected chi connectivity index (χ1v) is 5.70. The molecule has 0 aliphatic carbocycles. The Bertz CT molecular complexity index is 270. The van der Waals surface area contributed by atoms with Crippen LogP contribution >= 0.6 is 11.8 Å². The van der Waals surface area contributed by atoms with Gasteiger partial charge in [-0.05, 0) is 25.6 Å². The maximum absolute atomic E-state index is 5.40. The van der Waals surface area contributed by atoms with Gasteiger partial charge in [-0.25, -0.2) is 0 Å². The van der Waals surface area contributed by atoms with Gasteiger partial charge in [0, 0.05) is 12.5 Å². The molecule has 0 spiro atoms. The van der Waals surface area contributed by atoms with Crippen molar-refractivity contribution < 1.29 is 4.42 Å². The molecule has 0 bridgehead atoms. The van der Waals surface area contributed by atoms with E-state index >= 15 is 0 Å². The number of nitrogens with zero attached hydrogens (tertiary/aromatic N) is 2. The van der Waals surface area contributed by atoms with E-state index in [9.17, 15) is 0 Å². The maximum atomic E-state index is 5.40. The standard InChI is InChI=1S/C8H13N3OS/c1-13-8-11-10-7(12-8)5-6-3-2-4-9-6/h6,9H,2-5H2,1H3. The second-order valence-electron chi connectivity index (χ2n) is 3.16. The molecular weight excluding hydrogens is 186 g/mol. The van der Waals surface area contributed by atoms with Gasteiger partial charge in [0.2, 0.25) is 5.89 Å². The van der Waals surface area contributed by atoms with E-state index in [1.54, 1.807) is 0 Å². The summed E-state index contributed by atoms with van der Waals surface area (Å²) in [5, 5.41) is 11.9. The van der Waals surface area contributed by atoms with Crippen LogP contribution in [0.4, 0.5) is 0 Å². The average Bonchev–Trinajstić information content (AvgIpc) is 2.76. The van der Waals surface area contributed by atoms with E-state index in [1.165, 1.54) is 24.6 Å². The van der Waals surface area contributed by atoms with Crippen molar-refractivity contribution in [1.29, 1.82) is 0 Å². The quantitative estimate of drug-likeness (QED) is 0.738. The van der Waals surface area contributed by atoms with Crippen molar-refractivity contribution in [3.05, 3.63) is 5.89 Å². The van der Waals surface area contributed by atoms with Gasteiger partial charge in [-0.3, -0.25) is 0 Å². The molecule has 1 atom stereocenters. The van der Waals surface area contributed by atoms with E-state index in [0.717, 1.165) is 18.9 Å². The van der Waals surface area contributed by atoms with Crippen LogP contribution in [0.5, 0.6) is 0 Å². The normalized spacial score (nSPS) is 22.4. The smallest absolute Gasteiger partial charge is 0.276 e. The van der Waals surface area contributed by atoms with Crippen molar-refractivity contribution >= 4 is 11.8 Å². The molecule has 0 saturated carbocycles. The first-order chi connectivity index (χ1) is 6.38. The van der Waals surface area contributed by atoms with Crippen molar-refractivity contribution in [2.45, 2.75) is 30.5 Å². The molecule has 2 rings (SSSR count). The summed E-state index contributed by atoms with van der Waals surface area (Å²) in [5.74, 6) is 0.753. The third-order valence-corrected chi connectivity index (χ3v) is 2.72. The van der Waals surface area contributed by atoms with Crippen LogP contribution < -0.4 is 5.32 Å². The van der Waals surface area contributed by atoms with Crippen molar-refractivity contribution in [2.75, 3.05) is 12.8 Å². The van der Waals surface area contributed by atoms with E-state index in [4.69, 9.17) is 4.42 Å². The topological polar surface area (TPSA) is 51.0 Å². The predicted molar refractivity (Wildman–Crippen MR) is 50.8 cm³/mol. The minimum Gasteiger partial charge on any atom is -0.416 e. The van der Waals surface area contributed by atoms with Gasteiger partial charge in [0.15, 0.2) is 0 Å². The summed E-state index contributed by atoms with van der Waals surface area (Å²) in [7, 11) is 0. The van der Waals surface area contributed by atoms with Crippen LogP contribution in [0.15, 0.2) is 9.64 Å². The molecule has 1 aromatic heterocycles. The van der Waals surface area contributed by atoms with Gasteiger partial charge in [0.1, 0.15) is 0 Å². The highest BCUT2D eigenvalue weighted by atomic mass is 32.2. The molecular formula is C8H13N3OS.